The van der Waals surface area contributed by atoms with Crippen LogP contribution in [-0.2, 0) is 9.47 Å². The normalized spacial score (nSPS) is 18.4. The van der Waals surface area contributed by atoms with Crippen molar-refractivity contribution >= 4 is 11.8 Å². The summed E-state index contributed by atoms with van der Waals surface area (Å²) in [5, 5.41) is 11.9. The fraction of sp³-hybridized carbons (Fsp3) is 0.538. The van der Waals surface area contributed by atoms with Crippen molar-refractivity contribution in [2.24, 2.45) is 0 Å². The molecule has 1 saturated heterocycles. The summed E-state index contributed by atoms with van der Waals surface area (Å²) in [4.78, 5) is 14.7. The van der Waals surface area contributed by atoms with Crippen LogP contribution in [0.4, 0.5) is 5.82 Å². The molecule has 104 valence electrons. The summed E-state index contributed by atoms with van der Waals surface area (Å²) >= 11 is 0. The smallest absolute Gasteiger partial charge is 0.354 e. The number of aromatic nitrogens is 1. The molecule has 19 heavy (non-hydrogen) atoms. The van der Waals surface area contributed by atoms with Crippen molar-refractivity contribution in [3.63, 3.8) is 0 Å². The molecule has 0 aromatic carbocycles. The second kappa shape index (κ2) is 7.06. The maximum absolute atomic E-state index is 10.8. The van der Waals surface area contributed by atoms with Crippen LogP contribution in [0.5, 0.6) is 0 Å². The van der Waals surface area contributed by atoms with Gasteiger partial charge in [-0.15, -0.1) is 0 Å². The number of nitrogens with one attached hydrogen (secondary N) is 1. The number of aromatic carboxylic acids is 1. The van der Waals surface area contributed by atoms with Crippen LogP contribution < -0.4 is 5.32 Å². The summed E-state index contributed by atoms with van der Waals surface area (Å²) in [6.07, 6.45) is 2.04. The van der Waals surface area contributed by atoms with E-state index in [1.807, 2.05) is 0 Å². The van der Waals surface area contributed by atoms with Crippen molar-refractivity contribution in [2.45, 2.75) is 18.9 Å². The zero-order chi connectivity index (χ0) is 13.5. The first-order valence-electron chi connectivity index (χ1n) is 6.39. The van der Waals surface area contributed by atoms with Gasteiger partial charge in [0.05, 0.1) is 12.7 Å². The van der Waals surface area contributed by atoms with Crippen LogP contribution in [0.25, 0.3) is 0 Å². The summed E-state index contributed by atoms with van der Waals surface area (Å²) < 4.78 is 10.8. The first-order chi connectivity index (χ1) is 9.25. The molecule has 1 atom stereocenters. The number of carboxylic acid groups (broad SMARTS) is 1. The standard InChI is InChI=1S/C13H18N2O4/c16-13(17)11-3-1-4-12(15-11)14-6-2-7-19-10-5-8-18-9-10/h1,3-4,10H,2,5-9H2,(H,14,15)(H,16,17). The minimum atomic E-state index is -1.02. The second-order valence-electron chi connectivity index (χ2n) is 4.35. The van der Waals surface area contributed by atoms with Crippen molar-refractivity contribution in [3.05, 3.63) is 23.9 Å². The number of hydrogen-bond acceptors (Lipinski definition) is 5. The molecule has 6 nitrogen and oxygen atoms in total. The van der Waals surface area contributed by atoms with Crippen LogP contribution in [0, 0.1) is 0 Å². The molecule has 1 aliphatic rings. The molecule has 0 saturated carbocycles. The molecule has 1 aliphatic heterocycles. The summed E-state index contributed by atoms with van der Waals surface area (Å²) in [5.41, 5.74) is 0.0457. The van der Waals surface area contributed by atoms with Crippen LogP contribution in [0.15, 0.2) is 18.2 Å². The third kappa shape index (κ3) is 4.50. The van der Waals surface area contributed by atoms with Crippen LogP contribution in [0.3, 0.4) is 0 Å². The molecular formula is C13H18N2O4. The fourth-order valence-corrected chi connectivity index (χ4v) is 1.84. The van der Waals surface area contributed by atoms with E-state index in [2.05, 4.69) is 10.3 Å². The second-order valence-corrected chi connectivity index (χ2v) is 4.35. The topological polar surface area (TPSA) is 80.7 Å². The monoisotopic (exact) mass is 266 g/mol. The first-order valence-corrected chi connectivity index (χ1v) is 6.39. The summed E-state index contributed by atoms with van der Waals surface area (Å²) in [6, 6.07) is 4.89. The average Bonchev–Trinajstić information content (AvgIpc) is 2.92. The van der Waals surface area contributed by atoms with Gasteiger partial charge in [0.15, 0.2) is 5.69 Å². The Balaban J connectivity index is 1.64. The number of pyridine rings is 1. The minimum Gasteiger partial charge on any atom is -0.477 e. The van der Waals surface area contributed by atoms with Crippen LogP contribution in [0.2, 0.25) is 0 Å². The molecule has 0 aliphatic carbocycles. The number of hydrogen-bond donors (Lipinski definition) is 2. The lowest BCUT2D eigenvalue weighted by atomic mass is 10.3. The van der Waals surface area contributed by atoms with Gasteiger partial charge in [0.1, 0.15) is 5.82 Å². The van der Waals surface area contributed by atoms with E-state index < -0.39 is 5.97 Å². The Bertz CT molecular complexity index is 419. The van der Waals surface area contributed by atoms with E-state index >= 15 is 0 Å². The Morgan fingerprint density at radius 1 is 1.58 bits per heavy atom. The highest BCUT2D eigenvalue weighted by Crippen LogP contribution is 2.08. The van der Waals surface area contributed by atoms with E-state index in [-0.39, 0.29) is 11.8 Å². The van der Waals surface area contributed by atoms with Gasteiger partial charge >= 0.3 is 5.97 Å². The number of carboxylic acids is 1. The lowest BCUT2D eigenvalue weighted by molar-refractivity contribution is 0.0427. The third-order valence-corrected chi connectivity index (χ3v) is 2.84. The Labute approximate surface area is 111 Å². The van der Waals surface area contributed by atoms with E-state index in [9.17, 15) is 4.79 Å². The number of nitrogens with zero attached hydrogens (tertiary/aromatic N) is 1. The maximum atomic E-state index is 10.8. The Morgan fingerprint density at radius 2 is 2.47 bits per heavy atom. The fourth-order valence-electron chi connectivity index (χ4n) is 1.84. The lowest BCUT2D eigenvalue weighted by Crippen LogP contribution is -2.15. The van der Waals surface area contributed by atoms with Crippen LogP contribution in [0.1, 0.15) is 23.3 Å². The van der Waals surface area contributed by atoms with Gasteiger partial charge in [0, 0.05) is 19.8 Å². The number of rotatable bonds is 7. The molecule has 2 rings (SSSR count). The Morgan fingerprint density at radius 3 is 3.21 bits per heavy atom. The molecule has 1 unspecified atom stereocenters. The molecule has 2 N–H and O–H groups in total. The Hall–Kier alpha value is -1.66. The summed E-state index contributed by atoms with van der Waals surface area (Å²) in [7, 11) is 0. The highest BCUT2D eigenvalue weighted by Gasteiger charge is 2.15. The van der Waals surface area contributed by atoms with Crippen molar-refractivity contribution in [2.75, 3.05) is 31.7 Å². The number of carbonyl (C=O) groups is 1. The SMILES string of the molecule is O=C(O)c1cccc(NCCCOC2CCOC2)n1. The third-order valence-electron chi connectivity index (χ3n) is 2.84. The first kappa shape index (κ1) is 13.8. The predicted molar refractivity (Wildman–Crippen MR) is 69.5 cm³/mol. The predicted octanol–water partition coefficient (Wildman–Crippen LogP) is 1.39. The molecule has 1 aromatic heterocycles. The quantitative estimate of drug-likeness (QED) is 0.726. The highest BCUT2D eigenvalue weighted by molar-refractivity contribution is 5.85. The molecular weight excluding hydrogens is 248 g/mol. The van der Waals surface area contributed by atoms with Gasteiger partial charge < -0.3 is 19.9 Å². The van der Waals surface area contributed by atoms with E-state index in [4.69, 9.17) is 14.6 Å². The van der Waals surface area contributed by atoms with Crippen molar-refractivity contribution in [1.82, 2.24) is 4.98 Å². The molecule has 0 bridgehead atoms. The summed E-state index contributed by atoms with van der Waals surface area (Å²) in [5.74, 6) is -0.447. The zero-order valence-electron chi connectivity index (χ0n) is 10.7. The highest BCUT2D eigenvalue weighted by atomic mass is 16.5. The molecule has 1 fully saturated rings. The minimum absolute atomic E-state index is 0.0457. The van der Waals surface area contributed by atoms with Gasteiger partial charge in [0.25, 0.3) is 0 Å². The average molecular weight is 266 g/mol. The van der Waals surface area contributed by atoms with Crippen molar-refractivity contribution in [1.29, 1.82) is 0 Å². The molecule has 0 radical (unpaired) electrons. The van der Waals surface area contributed by atoms with Gasteiger partial charge in [-0.2, -0.15) is 0 Å². The van der Waals surface area contributed by atoms with E-state index in [0.717, 1.165) is 19.4 Å². The molecule has 2 heterocycles. The van der Waals surface area contributed by atoms with Crippen molar-refractivity contribution < 1.29 is 19.4 Å². The van der Waals surface area contributed by atoms with Gasteiger partial charge in [-0.3, -0.25) is 0 Å². The van der Waals surface area contributed by atoms with Crippen LogP contribution >= 0.6 is 0 Å². The molecule has 6 heteroatoms. The maximum Gasteiger partial charge on any atom is 0.354 e. The van der Waals surface area contributed by atoms with Gasteiger partial charge in [-0.1, -0.05) is 6.07 Å². The van der Waals surface area contributed by atoms with E-state index in [1.165, 1.54) is 6.07 Å². The molecule has 0 amide bonds. The van der Waals surface area contributed by atoms with Gasteiger partial charge in [0.2, 0.25) is 0 Å². The van der Waals surface area contributed by atoms with E-state index in [1.54, 1.807) is 12.1 Å². The number of anilines is 1. The van der Waals surface area contributed by atoms with Crippen LogP contribution in [-0.4, -0.2) is 48.5 Å². The van der Waals surface area contributed by atoms with Crippen molar-refractivity contribution in [3.8, 4) is 0 Å². The van der Waals surface area contributed by atoms with E-state index in [0.29, 0.717) is 25.6 Å². The molecule has 0 spiro atoms. The molecule has 1 aromatic rings. The lowest BCUT2D eigenvalue weighted by Gasteiger charge is -2.10. The summed E-state index contributed by atoms with van der Waals surface area (Å²) in [6.45, 7) is 2.84. The van der Waals surface area contributed by atoms with Gasteiger partial charge in [-0.25, -0.2) is 9.78 Å². The number of ether oxygens (including phenoxy) is 2. The zero-order valence-corrected chi connectivity index (χ0v) is 10.7. The largest absolute Gasteiger partial charge is 0.477 e. The Kier molecular flexibility index (Phi) is 5.11. The van der Waals surface area contributed by atoms with Gasteiger partial charge in [-0.05, 0) is 25.0 Å².